The quantitative estimate of drug-likeness (QED) is 0.709. The second-order valence-electron chi connectivity index (χ2n) is 6.63. The number of hydrogen-bond acceptors (Lipinski definition) is 3. The molecule has 6 heteroatoms. The number of carbonyl (C=O) groups is 1. The van der Waals surface area contributed by atoms with Gasteiger partial charge in [-0.15, -0.1) is 0 Å². The number of carbonyl (C=O) groups excluding carboxylic acids is 1. The fourth-order valence-electron chi connectivity index (χ4n) is 3.69. The van der Waals surface area contributed by atoms with Crippen LogP contribution >= 0.6 is 11.6 Å². The second-order valence-corrected chi connectivity index (χ2v) is 7.06. The molecule has 3 aromatic rings. The third kappa shape index (κ3) is 3.48. The van der Waals surface area contributed by atoms with Crippen molar-refractivity contribution in [2.75, 3.05) is 6.61 Å². The summed E-state index contributed by atoms with van der Waals surface area (Å²) in [7, 11) is 0. The molecule has 1 atom stereocenters. The Labute approximate surface area is 162 Å². The van der Waals surface area contributed by atoms with E-state index in [-0.39, 0.29) is 18.6 Å². The monoisotopic (exact) mass is 381 g/mol. The highest BCUT2D eigenvalue weighted by molar-refractivity contribution is 6.30. The number of nitrogens with one attached hydrogen (secondary N) is 1. The third-order valence-corrected chi connectivity index (χ3v) is 5.17. The van der Waals surface area contributed by atoms with Gasteiger partial charge in [0.1, 0.15) is 0 Å². The highest BCUT2D eigenvalue weighted by Crippen LogP contribution is 2.33. The van der Waals surface area contributed by atoms with Crippen LogP contribution in [0.2, 0.25) is 5.02 Å². The van der Waals surface area contributed by atoms with Crippen molar-refractivity contribution in [1.29, 1.82) is 0 Å². The summed E-state index contributed by atoms with van der Waals surface area (Å²) >= 11 is 6.07. The van der Waals surface area contributed by atoms with Gasteiger partial charge in [0, 0.05) is 10.6 Å². The minimum atomic E-state index is -0.161. The number of aliphatic hydroxyl groups is 1. The van der Waals surface area contributed by atoms with Gasteiger partial charge < -0.3 is 10.4 Å². The lowest BCUT2D eigenvalue weighted by molar-refractivity contribution is 0.0937. The van der Waals surface area contributed by atoms with Gasteiger partial charge in [0.25, 0.3) is 5.91 Å². The predicted octanol–water partition coefficient (Wildman–Crippen LogP) is 3.61. The lowest BCUT2D eigenvalue weighted by atomic mass is 10.1. The molecule has 0 aliphatic heterocycles. The van der Waals surface area contributed by atoms with Crippen molar-refractivity contribution in [2.45, 2.75) is 25.4 Å². The Balaban J connectivity index is 1.64. The number of amides is 1. The SMILES string of the molecule is O=C(NC1CCc2cc(Cl)ccc21)c1cnn(CCO)c1-c1ccccc1. The molecule has 1 aliphatic carbocycles. The molecule has 0 spiro atoms. The number of benzene rings is 2. The van der Waals surface area contributed by atoms with Gasteiger partial charge in [0.05, 0.1) is 36.6 Å². The lowest BCUT2D eigenvalue weighted by Gasteiger charge is -2.15. The first-order chi connectivity index (χ1) is 13.2. The van der Waals surface area contributed by atoms with Crippen molar-refractivity contribution in [2.24, 2.45) is 0 Å². The van der Waals surface area contributed by atoms with Gasteiger partial charge in [0.2, 0.25) is 0 Å². The average molecular weight is 382 g/mol. The van der Waals surface area contributed by atoms with Crippen LogP contribution in [-0.2, 0) is 13.0 Å². The molecule has 27 heavy (non-hydrogen) atoms. The van der Waals surface area contributed by atoms with E-state index in [0.717, 1.165) is 34.7 Å². The Morgan fingerprint density at radius 1 is 1.26 bits per heavy atom. The maximum atomic E-state index is 13.0. The number of nitrogens with zero attached hydrogens (tertiary/aromatic N) is 2. The largest absolute Gasteiger partial charge is 0.394 e. The molecule has 0 saturated carbocycles. The predicted molar refractivity (Wildman–Crippen MR) is 105 cm³/mol. The van der Waals surface area contributed by atoms with E-state index in [0.29, 0.717) is 12.1 Å². The lowest BCUT2D eigenvalue weighted by Crippen LogP contribution is -2.27. The number of rotatable bonds is 5. The Morgan fingerprint density at radius 3 is 2.85 bits per heavy atom. The van der Waals surface area contributed by atoms with Crippen LogP contribution in [0.3, 0.4) is 0 Å². The highest BCUT2D eigenvalue weighted by Gasteiger charge is 2.26. The van der Waals surface area contributed by atoms with Crippen LogP contribution in [0.1, 0.15) is 33.9 Å². The van der Waals surface area contributed by atoms with E-state index in [9.17, 15) is 9.90 Å². The Hall–Kier alpha value is -2.63. The van der Waals surface area contributed by atoms with Crippen LogP contribution < -0.4 is 5.32 Å². The van der Waals surface area contributed by atoms with Gasteiger partial charge in [-0.1, -0.05) is 48.0 Å². The summed E-state index contributed by atoms with van der Waals surface area (Å²) < 4.78 is 1.67. The first-order valence-electron chi connectivity index (χ1n) is 8.98. The van der Waals surface area contributed by atoms with Crippen molar-refractivity contribution >= 4 is 17.5 Å². The Morgan fingerprint density at radius 2 is 2.07 bits per heavy atom. The summed E-state index contributed by atoms with van der Waals surface area (Å²) in [6.07, 6.45) is 3.33. The second kappa shape index (κ2) is 7.55. The molecule has 1 aromatic heterocycles. The molecule has 0 bridgehead atoms. The first-order valence-corrected chi connectivity index (χ1v) is 9.36. The summed E-state index contributed by atoms with van der Waals surface area (Å²) in [5, 5.41) is 17.5. The number of aryl methyl sites for hydroxylation is 1. The Bertz CT molecular complexity index is 969. The molecule has 2 aromatic carbocycles. The van der Waals surface area contributed by atoms with E-state index < -0.39 is 0 Å². The summed E-state index contributed by atoms with van der Waals surface area (Å²) in [6.45, 7) is 0.293. The summed E-state index contributed by atoms with van der Waals surface area (Å²) in [6, 6.07) is 15.4. The number of aliphatic hydroxyl groups excluding tert-OH is 1. The van der Waals surface area contributed by atoms with Crippen molar-refractivity contribution in [1.82, 2.24) is 15.1 Å². The maximum Gasteiger partial charge on any atom is 0.255 e. The highest BCUT2D eigenvalue weighted by atomic mass is 35.5. The molecule has 1 unspecified atom stereocenters. The topological polar surface area (TPSA) is 67.2 Å². The molecule has 0 saturated heterocycles. The normalized spacial score (nSPS) is 15.6. The molecule has 1 aliphatic rings. The van der Waals surface area contributed by atoms with E-state index >= 15 is 0 Å². The molecular weight excluding hydrogens is 362 g/mol. The van der Waals surface area contributed by atoms with E-state index in [1.54, 1.807) is 10.9 Å². The van der Waals surface area contributed by atoms with Crippen molar-refractivity contribution in [3.8, 4) is 11.3 Å². The fraction of sp³-hybridized carbons (Fsp3) is 0.238. The van der Waals surface area contributed by atoms with Gasteiger partial charge >= 0.3 is 0 Å². The summed E-state index contributed by atoms with van der Waals surface area (Å²) in [5.41, 5.74) is 4.43. The summed E-state index contributed by atoms with van der Waals surface area (Å²) in [5.74, 6) is -0.161. The van der Waals surface area contributed by atoms with Gasteiger partial charge in [-0.25, -0.2) is 0 Å². The van der Waals surface area contributed by atoms with Crippen molar-refractivity contribution < 1.29 is 9.90 Å². The van der Waals surface area contributed by atoms with Crippen LogP contribution in [0, 0.1) is 0 Å². The smallest absolute Gasteiger partial charge is 0.255 e. The van der Waals surface area contributed by atoms with Crippen LogP contribution in [0.25, 0.3) is 11.3 Å². The van der Waals surface area contributed by atoms with Crippen molar-refractivity contribution in [3.05, 3.63) is 76.4 Å². The zero-order valence-electron chi connectivity index (χ0n) is 14.7. The van der Waals surface area contributed by atoms with Crippen LogP contribution in [0.4, 0.5) is 0 Å². The van der Waals surface area contributed by atoms with Crippen molar-refractivity contribution in [3.63, 3.8) is 0 Å². The molecule has 2 N–H and O–H groups in total. The molecule has 138 valence electrons. The molecule has 4 rings (SSSR count). The van der Waals surface area contributed by atoms with Gasteiger partial charge in [-0.05, 0) is 36.1 Å². The molecular formula is C21H20ClN3O2. The van der Waals surface area contributed by atoms with Gasteiger partial charge in [0.15, 0.2) is 0 Å². The third-order valence-electron chi connectivity index (χ3n) is 4.93. The van der Waals surface area contributed by atoms with E-state index in [1.807, 2.05) is 48.5 Å². The van der Waals surface area contributed by atoms with E-state index in [1.165, 1.54) is 5.56 Å². The minimum Gasteiger partial charge on any atom is -0.394 e. The zero-order chi connectivity index (χ0) is 18.8. The van der Waals surface area contributed by atoms with Crippen LogP contribution in [-0.4, -0.2) is 27.4 Å². The number of halogens is 1. The van der Waals surface area contributed by atoms with Crippen LogP contribution in [0.5, 0.6) is 0 Å². The summed E-state index contributed by atoms with van der Waals surface area (Å²) in [4.78, 5) is 13.0. The maximum absolute atomic E-state index is 13.0. The Kier molecular flexibility index (Phi) is 4.97. The van der Waals surface area contributed by atoms with E-state index in [2.05, 4.69) is 10.4 Å². The number of aromatic nitrogens is 2. The average Bonchev–Trinajstić information content (AvgIpc) is 3.27. The molecule has 0 fully saturated rings. The standard InChI is InChI=1S/C21H20ClN3O2/c22-16-7-8-17-15(12-16)6-9-19(17)24-21(27)18-13-23-25(10-11-26)20(18)14-4-2-1-3-5-14/h1-5,7-8,12-13,19,26H,6,9-11H2,(H,24,27). The number of hydrogen-bond donors (Lipinski definition) is 2. The first kappa shape index (κ1) is 17.8. The molecule has 1 amide bonds. The number of fused-ring (bicyclic) bond motifs is 1. The van der Waals surface area contributed by atoms with Gasteiger partial charge in [-0.2, -0.15) is 5.10 Å². The van der Waals surface area contributed by atoms with Crippen LogP contribution in [0.15, 0.2) is 54.7 Å². The molecule has 1 heterocycles. The van der Waals surface area contributed by atoms with Gasteiger partial charge in [-0.3, -0.25) is 9.48 Å². The molecule has 0 radical (unpaired) electrons. The molecule has 5 nitrogen and oxygen atoms in total. The zero-order valence-corrected chi connectivity index (χ0v) is 15.5. The van der Waals surface area contributed by atoms with E-state index in [4.69, 9.17) is 11.6 Å². The minimum absolute atomic E-state index is 0.0328. The fourth-order valence-corrected chi connectivity index (χ4v) is 3.88.